The van der Waals surface area contributed by atoms with Crippen LogP contribution in [0.25, 0.3) is 0 Å². The largest absolute Gasteiger partial charge is 0.491 e. The first-order valence-electron chi connectivity index (χ1n) is 6.94. The summed E-state index contributed by atoms with van der Waals surface area (Å²) >= 11 is 0. The van der Waals surface area contributed by atoms with Crippen molar-refractivity contribution < 1.29 is 13.2 Å². The van der Waals surface area contributed by atoms with E-state index >= 15 is 0 Å². The summed E-state index contributed by atoms with van der Waals surface area (Å²) in [6.07, 6.45) is 0. The number of para-hydroxylation sites is 1. The summed E-state index contributed by atoms with van der Waals surface area (Å²) in [5.74, 6) is 0.995. The Balaban J connectivity index is 1.66. The van der Waals surface area contributed by atoms with Crippen LogP contribution in [0, 0.1) is 0 Å². The van der Waals surface area contributed by atoms with Gasteiger partial charge < -0.3 is 4.74 Å². The summed E-state index contributed by atoms with van der Waals surface area (Å²) in [6, 6.07) is 15.0. The van der Waals surface area contributed by atoms with Gasteiger partial charge in [0.15, 0.2) is 9.84 Å². The molecule has 0 amide bonds. The molecule has 2 unspecified atom stereocenters. The van der Waals surface area contributed by atoms with E-state index < -0.39 is 9.84 Å². The fourth-order valence-corrected chi connectivity index (χ4v) is 4.88. The van der Waals surface area contributed by atoms with Crippen molar-refractivity contribution in [3.8, 4) is 5.75 Å². The first-order chi connectivity index (χ1) is 10.1. The molecule has 0 aliphatic carbocycles. The Hall–Kier alpha value is -1.85. The summed E-state index contributed by atoms with van der Waals surface area (Å²) < 4.78 is 30.1. The fourth-order valence-electron chi connectivity index (χ4n) is 3.13. The minimum Gasteiger partial charge on any atom is -0.491 e. The minimum atomic E-state index is -3.18. The lowest BCUT2D eigenvalue weighted by atomic mass is 10.0. The standard InChI is InChI=1S/C16H15NO3S/c18-21(19)10-14(12-6-2-4-8-16(12)21)17-13-9-20-15-7-3-1-5-11(13)15/h1-8,13-14,17H,9-10H2. The first-order valence-corrected chi connectivity index (χ1v) is 8.60. The van der Waals surface area contributed by atoms with E-state index in [1.165, 1.54) is 0 Å². The molecule has 1 N–H and O–H groups in total. The van der Waals surface area contributed by atoms with E-state index in [9.17, 15) is 8.42 Å². The molecule has 4 nitrogen and oxygen atoms in total. The molecular weight excluding hydrogens is 286 g/mol. The van der Waals surface area contributed by atoms with Gasteiger partial charge in [-0.05, 0) is 17.7 Å². The average Bonchev–Trinajstić information content (AvgIpc) is 3.00. The molecule has 0 fully saturated rings. The molecule has 0 aromatic heterocycles. The Labute approximate surface area is 123 Å². The molecule has 2 aliphatic heterocycles. The third-order valence-electron chi connectivity index (χ3n) is 4.12. The highest BCUT2D eigenvalue weighted by atomic mass is 32.2. The van der Waals surface area contributed by atoms with Crippen LogP contribution in [0.15, 0.2) is 53.4 Å². The summed E-state index contributed by atoms with van der Waals surface area (Å²) in [6.45, 7) is 0.540. The highest BCUT2D eigenvalue weighted by Crippen LogP contribution is 2.38. The predicted molar refractivity (Wildman–Crippen MR) is 79.0 cm³/mol. The van der Waals surface area contributed by atoms with E-state index in [2.05, 4.69) is 5.32 Å². The highest BCUT2D eigenvalue weighted by Gasteiger charge is 2.37. The number of benzene rings is 2. The molecule has 2 aliphatic rings. The molecule has 0 radical (unpaired) electrons. The lowest BCUT2D eigenvalue weighted by Gasteiger charge is -2.18. The lowest BCUT2D eigenvalue weighted by molar-refractivity contribution is 0.301. The number of rotatable bonds is 2. The molecule has 21 heavy (non-hydrogen) atoms. The van der Waals surface area contributed by atoms with Crippen molar-refractivity contribution in [2.75, 3.05) is 12.4 Å². The second-order valence-corrected chi connectivity index (χ2v) is 7.44. The topological polar surface area (TPSA) is 55.4 Å². The Morgan fingerprint density at radius 1 is 0.952 bits per heavy atom. The van der Waals surface area contributed by atoms with Crippen molar-refractivity contribution in [2.24, 2.45) is 0 Å². The van der Waals surface area contributed by atoms with E-state index in [0.29, 0.717) is 11.5 Å². The normalized spacial score (nSPS) is 25.1. The van der Waals surface area contributed by atoms with Gasteiger partial charge in [0.25, 0.3) is 0 Å². The van der Waals surface area contributed by atoms with Crippen LogP contribution in [0.5, 0.6) is 5.75 Å². The Bertz CT molecular complexity index is 801. The maximum absolute atomic E-state index is 12.2. The number of fused-ring (bicyclic) bond motifs is 2. The molecule has 0 spiro atoms. The van der Waals surface area contributed by atoms with Gasteiger partial charge in [-0.1, -0.05) is 36.4 Å². The number of hydrogen-bond donors (Lipinski definition) is 1. The van der Waals surface area contributed by atoms with Gasteiger partial charge in [0.2, 0.25) is 0 Å². The first kappa shape index (κ1) is 12.9. The predicted octanol–water partition coefficient (Wildman–Crippen LogP) is 2.24. The molecule has 2 atom stereocenters. The summed E-state index contributed by atoms with van der Waals surface area (Å²) in [4.78, 5) is 0.453. The monoisotopic (exact) mass is 301 g/mol. The van der Waals surface area contributed by atoms with E-state index in [0.717, 1.165) is 16.9 Å². The van der Waals surface area contributed by atoms with Gasteiger partial charge in [0.1, 0.15) is 12.4 Å². The zero-order chi connectivity index (χ0) is 14.4. The molecule has 2 heterocycles. The maximum Gasteiger partial charge on any atom is 0.180 e. The lowest BCUT2D eigenvalue weighted by Crippen LogP contribution is -2.28. The summed E-state index contributed by atoms with van der Waals surface area (Å²) in [7, 11) is -3.18. The van der Waals surface area contributed by atoms with Gasteiger partial charge in [-0.3, -0.25) is 5.32 Å². The molecule has 2 aromatic rings. The van der Waals surface area contributed by atoms with Crippen molar-refractivity contribution in [2.45, 2.75) is 17.0 Å². The van der Waals surface area contributed by atoms with Gasteiger partial charge >= 0.3 is 0 Å². The molecular formula is C16H15NO3S. The molecule has 0 saturated carbocycles. The van der Waals surface area contributed by atoms with Crippen LogP contribution in [0.4, 0.5) is 0 Å². The van der Waals surface area contributed by atoms with Gasteiger partial charge in [-0.25, -0.2) is 8.42 Å². The quantitative estimate of drug-likeness (QED) is 0.924. The van der Waals surface area contributed by atoms with Crippen molar-refractivity contribution in [3.63, 3.8) is 0 Å². The smallest absolute Gasteiger partial charge is 0.180 e. The number of ether oxygens (including phenoxy) is 1. The van der Waals surface area contributed by atoms with Gasteiger partial charge in [0.05, 0.1) is 16.7 Å². The summed E-state index contributed by atoms with van der Waals surface area (Å²) in [5.41, 5.74) is 1.96. The second kappa shape index (κ2) is 4.58. The fraction of sp³-hybridized carbons (Fsp3) is 0.250. The second-order valence-electron chi connectivity index (χ2n) is 5.44. The summed E-state index contributed by atoms with van der Waals surface area (Å²) in [5, 5.41) is 3.44. The number of hydrogen-bond acceptors (Lipinski definition) is 4. The average molecular weight is 301 g/mol. The molecule has 0 bridgehead atoms. The van der Waals surface area contributed by atoms with Crippen LogP contribution in [-0.2, 0) is 9.84 Å². The van der Waals surface area contributed by atoms with Crippen LogP contribution in [0.3, 0.4) is 0 Å². The minimum absolute atomic E-state index is 0.0348. The highest BCUT2D eigenvalue weighted by molar-refractivity contribution is 7.91. The molecule has 108 valence electrons. The van der Waals surface area contributed by atoms with E-state index in [4.69, 9.17) is 4.74 Å². The zero-order valence-corrected chi connectivity index (χ0v) is 12.1. The van der Waals surface area contributed by atoms with Gasteiger partial charge in [-0.2, -0.15) is 0 Å². The van der Waals surface area contributed by atoms with Crippen molar-refractivity contribution >= 4 is 9.84 Å². The van der Waals surface area contributed by atoms with Crippen LogP contribution < -0.4 is 10.1 Å². The van der Waals surface area contributed by atoms with E-state index in [1.54, 1.807) is 12.1 Å². The molecule has 4 rings (SSSR count). The SMILES string of the molecule is O=S1(=O)CC(NC2COc3ccccc32)c2ccccc21. The molecule has 2 aromatic carbocycles. The van der Waals surface area contributed by atoms with Crippen molar-refractivity contribution in [3.05, 3.63) is 59.7 Å². The van der Waals surface area contributed by atoms with Crippen LogP contribution in [0.1, 0.15) is 23.2 Å². The third-order valence-corrected chi connectivity index (χ3v) is 5.93. The molecule has 0 saturated heterocycles. The third kappa shape index (κ3) is 2.04. The van der Waals surface area contributed by atoms with Crippen LogP contribution >= 0.6 is 0 Å². The van der Waals surface area contributed by atoms with Gasteiger partial charge in [0, 0.05) is 11.6 Å². The maximum atomic E-state index is 12.2. The van der Waals surface area contributed by atoms with Gasteiger partial charge in [-0.15, -0.1) is 0 Å². The Morgan fingerprint density at radius 2 is 1.67 bits per heavy atom. The number of nitrogens with one attached hydrogen (secondary N) is 1. The zero-order valence-electron chi connectivity index (χ0n) is 11.3. The van der Waals surface area contributed by atoms with Crippen LogP contribution in [-0.4, -0.2) is 20.8 Å². The van der Waals surface area contributed by atoms with Crippen molar-refractivity contribution in [1.82, 2.24) is 5.32 Å². The number of sulfone groups is 1. The molecule has 5 heteroatoms. The van der Waals surface area contributed by atoms with Crippen LogP contribution in [0.2, 0.25) is 0 Å². The Kier molecular flexibility index (Phi) is 2.80. The van der Waals surface area contributed by atoms with E-state index in [-0.39, 0.29) is 17.8 Å². The Morgan fingerprint density at radius 3 is 2.52 bits per heavy atom. The van der Waals surface area contributed by atoms with E-state index in [1.807, 2.05) is 36.4 Å². The van der Waals surface area contributed by atoms with Crippen molar-refractivity contribution in [1.29, 1.82) is 0 Å².